The van der Waals surface area contributed by atoms with Crippen LogP contribution >= 0.6 is 11.8 Å². The molecule has 1 fully saturated rings. The summed E-state index contributed by atoms with van der Waals surface area (Å²) in [6, 6.07) is 7.24. The van der Waals surface area contributed by atoms with Crippen LogP contribution in [0.4, 0.5) is 0 Å². The third-order valence-corrected chi connectivity index (χ3v) is 6.14. The Morgan fingerprint density at radius 1 is 1.17 bits per heavy atom. The lowest BCUT2D eigenvalue weighted by molar-refractivity contribution is 0.242. The predicted octanol–water partition coefficient (Wildman–Crippen LogP) is 2.86. The van der Waals surface area contributed by atoms with Crippen molar-refractivity contribution in [3.8, 4) is 5.88 Å². The summed E-state index contributed by atoms with van der Waals surface area (Å²) in [7, 11) is 0. The Balaban J connectivity index is 1.43. The van der Waals surface area contributed by atoms with Crippen molar-refractivity contribution < 1.29 is 4.74 Å². The van der Waals surface area contributed by atoms with Crippen molar-refractivity contribution in [2.45, 2.75) is 37.6 Å². The minimum atomic E-state index is -0.236. The number of nitrogens with one attached hydrogen (secondary N) is 1. The summed E-state index contributed by atoms with van der Waals surface area (Å²) in [6.07, 6.45) is 5.77. The van der Waals surface area contributed by atoms with Crippen LogP contribution in [0.3, 0.4) is 0 Å². The molecule has 1 aliphatic heterocycles. The van der Waals surface area contributed by atoms with Gasteiger partial charge in [0.25, 0.3) is 5.56 Å². The summed E-state index contributed by atoms with van der Waals surface area (Å²) >= 11 is 1.71. The molecule has 1 saturated heterocycles. The fourth-order valence-electron chi connectivity index (χ4n) is 3.63. The van der Waals surface area contributed by atoms with E-state index in [0.717, 1.165) is 17.5 Å². The molecule has 1 aromatic carbocycles. The van der Waals surface area contributed by atoms with Crippen LogP contribution in [0, 0.1) is 0 Å². The summed E-state index contributed by atoms with van der Waals surface area (Å²) in [4.78, 5) is 14.5. The number of hydrogen-bond donors (Lipinski definition) is 1. The van der Waals surface area contributed by atoms with E-state index < -0.39 is 0 Å². The van der Waals surface area contributed by atoms with Crippen LogP contribution in [0.15, 0.2) is 46.9 Å². The lowest BCUT2D eigenvalue weighted by Crippen LogP contribution is -2.31. The van der Waals surface area contributed by atoms with E-state index in [0.29, 0.717) is 29.0 Å². The van der Waals surface area contributed by atoms with Gasteiger partial charge in [0.1, 0.15) is 6.61 Å². The van der Waals surface area contributed by atoms with Crippen molar-refractivity contribution in [1.29, 1.82) is 0 Å². The lowest BCUT2D eigenvalue weighted by atomic mass is 10.1. The molecule has 1 aliphatic rings. The number of thioether (sulfide) groups is 1. The molecule has 30 heavy (non-hydrogen) atoms. The van der Waals surface area contributed by atoms with E-state index in [1.54, 1.807) is 17.8 Å². The molecule has 3 heterocycles. The Labute approximate surface area is 179 Å². The number of hydrogen-bond acceptors (Lipinski definition) is 7. The van der Waals surface area contributed by atoms with Crippen molar-refractivity contribution >= 4 is 22.5 Å². The number of aromatic nitrogens is 5. The Kier molecular flexibility index (Phi) is 6.81. The zero-order chi connectivity index (χ0) is 20.8. The normalized spacial score (nSPS) is 14.8. The fourth-order valence-corrected chi connectivity index (χ4v) is 4.59. The number of fused-ring (bicyclic) bond motifs is 1. The van der Waals surface area contributed by atoms with Crippen molar-refractivity contribution in [3.05, 3.63) is 53.1 Å². The molecule has 0 saturated carbocycles. The molecule has 2 aromatic heterocycles. The highest BCUT2D eigenvalue weighted by atomic mass is 32.2. The van der Waals surface area contributed by atoms with E-state index >= 15 is 0 Å². The van der Waals surface area contributed by atoms with Crippen LogP contribution in [0.25, 0.3) is 10.8 Å². The first kappa shape index (κ1) is 20.6. The SMILES string of the molecule is C=CCn1c(COc2n[nH]c(=O)c3ccccc23)nnc1SCCN1CCCCC1. The molecule has 3 aromatic rings. The van der Waals surface area contributed by atoms with Crippen LogP contribution in [-0.2, 0) is 13.2 Å². The van der Waals surface area contributed by atoms with E-state index in [1.165, 1.54) is 32.4 Å². The van der Waals surface area contributed by atoms with Crippen molar-refractivity contribution in [2.24, 2.45) is 0 Å². The standard InChI is InChI=1S/C21H26N6O2S/c1-2-10-27-18(22-25-21(27)30-14-13-26-11-6-3-7-12-26)15-29-20-17-9-5-4-8-16(17)19(28)23-24-20/h2,4-5,8-9H,1,3,6-7,10-15H2,(H,23,28). The minimum absolute atomic E-state index is 0.205. The number of aromatic amines is 1. The van der Waals surface area contributed by atoms with Gasteiger partial charge in [0.2, 0.25) is 5.88 Å². The van der Waals surface area contributed by atoms with Crippen LogP contribution < -0.4 is 10.3 Å². The van der Waals surface area contributed by atoms with E-state index in [-0.39, 0.29) is 12.2 Å². The number of rotatable bonds is 9. The minimum Gasteiger partial charge on any atom is -0.468 e. The van der Waals surface area contributed by atoms with Crippen LogP contribution in [0.1, 0.15) is 25.1 Å². The molecule has 8 nitrogen and oxygen atoms in total. The Morgan fingerprint density at radius 3 is 2.77 bits per heavy atom. The molecule has 0 radical (unpaired) electrons. The van der Waals surface area contributed by atoms with Gasteiger partial charge in [0.15, 0.2) is 11.0 Å². The first-order chi connectivity index (χ1) is 14.8. The summed E-state index contributed by atoms with van der Waals surface area (Å²) in [5.74, 6) is 2.05. The van der Waals surface area contributed by atoms with Gasteiger partial charge in [-0.3, -0.25) is 9.36 Å². The molecule has 0 bridgehead atoms. The number of H-pyrrole nitrogens is 1. The van der Waals surface area contributed by atoms with Crippen LogP contribution in [0.2, 0.25) is 0 Å². The summed E-state index contributed by atoms with van der Waals surface area (Å²) < 4.78 is 7.92. The molecule has 4 rings (SSSR count). The number of allylic oxidation sites excluding steroid dienone is 1. The maximum absolute atomic E-state index is 11.9. The maximum atomic E-state index is 11.9. The molecular weight excluding hydrogens is 400 g/mol. The molecule has 158 valence electrons. The van der Waals surface area contributed by atoms with Crippen molar-refractivity contribution in [3.63, 3.8) is 0 Å². The third-order valence-electron chi connectivity index (χ3n) is 5.19. The molecule has 0 amide bonds. The first-order valence-corrected chi connectivity index (χ1v) is 11.2. The smallest absolute Gasteiger partial charge is 0.272 e. The topological polar surface area (TPSA) is 88.9 Å². The Hall–Kier alpha value is -2.65. The van der Waals surface area contributed by atoms with Crippen molar-refractivity contribution in [1.82, 2.24) is 29.9 Å². The lowest BCUT2D eigenvalue weighted by Gasteiger charge is -2.25. The monoisotopic (exact) mass is 426 g/mol. The highest BCUT2D eigenvalue weighted by molar-refractivity contribution is 7.99. The maximum Gasteiger partial charge on any atom is 0.272 e. The van der Waals surface area contributed by atoms with E-state index in [4.69, 9.17) is 4.74 Å². The fraction of sp³-hybridized carbons (Fsp3) is 0.429. The van der Waals surface area contributed by atoms with Gasteiger partial charge in [-0.15, -0.1) is 21.9 Å². The predicted molar refractivity (Wildman–Crippen MR) is 118 cm³/mol. The van der Waals surface area contributed by atoms with Gasteiger partial charge in [-0.1, -0.05) is 36.4 Å². The summed E-state index contributed by atoms with van der Waals surface area (Å²) in [5.41, 5.74) is -0.236. The van der Waals surface area contributed by atoms with Gasteiger partial charge < -0.3 is 9.64 Å². The molecule has 0 atom stereocenters. The van der Waals surface area contributed by atoms with E-state index in [1.807, 2.05) is 28.8 Å². The van der Waals surface area contributed by atoms with Gasteiger partial charge in [-0.05, 0) is 38.1 Å². The highest BCUT2D eigenvalue weighted by Gasteiger charge is 2.15. The van der Waals surface area contributed by atoms with Crippen LogP contribution in [-0.4, -0.2) is 55.2 Å². The average Bonchev–Trinajstić information content (AvgIpc) is 3.16. The molecular formula is C21H26N6O2S. The number of benzene rings is 1. The third kappa shape index (κ3) is 4.73. The number of nitrogens with zero attached hydrogens (tertiary/aromatic N) is 5. The number of ether oxygens (including phenoxy) is 1. The average molecular weight is 427 g/mol. The number of piperidine rings is 1. The Morgan fingerprint density at radius 2 is 1.97 bits per heavy atom. The molecule has 0 aliphatic carbocycles. The van der Waals surface area contributed by atoms with Gasteiger partial charge in [0.05, 0.1) is 10.8 Å². The molecule has 1 N–H and O–H groups in total. The summed E-state index contributed by atoms with van der Waals surface area (Å²) in [5, 5.41) is 17.3. The van der Waals surface area contributed by atoms with Gasteiger partial charge in [-0.25, -0.2) is 5.10 Å². The quantitative estimate of drug-likeness (QED) is 0.416. The van der Waals surface area contributed by atoms with Crippen LogP contribution in [0.5, 0.6) is 5.88 Å². The molecule has 0 unspecified atom stereocenters. The molecule has 9 heteroatoms. The largest absolute Gasteiger partial charge is 0.468 e. The van der Waals surface area contributed by atoms with Gasteiger partial charge in [0, 0.05) is 18.8 Å². The number of likely N-dealkylation sites (tertiary alicyclic amines) is 1. The van der Waals surface area contributed by atoms with E-state index in [2.05, 4.69) is 31.9 Å². The summed E-state index contributed by atoms with van der Waals surface area (Å²) in [6.45, 7) is 8.11. The van der Waals surface area contributed by atoms with Gasteiger partial charge in [-0.2, -0.15) is 0 Å². The zero-order valence-electron chi connectivity index (χ0n) is 16.9. The zero-order valence-corrected chi connectivity index (χ0v) is 17.7. The second-order valence-corrected chi connectivity index (χ2v) is 8.30. The van der Waals surface area contributed by atoms with Crippen molar-refractivity contribution in [2.75, 3.05) is 25.4 Å². The second kappa shape index (κ2) is 9.90. The Bertz CT molecular complexity index is 1060. The van der Waals surface area contributed by atoms with E-state index in [9.17, 15) is 4.79 Å². The van der Waals surface area contributed by atoms with Gasteiger partial charge >= 0.3 is 0 Å². The molecule has 0 spiro atoms. The first-order valence-electron chi connectivity index (χ1n) is 10.2. The second-order valence-electron chi connectivity index (χ2n) is 7.24. The highest BCUT2D eigenvalue weighted by Crippen LogP contribution is 2.22.